The molecule has 0 bridgehead atoms. The molecule has 1 aromatic carbocycles. The smallest absolute Gasteiger partial charge is 0.0649 e. The third kappa shape index (κ3) is 3.83. The Labute approximate surface area is 180 Å². The Morgan fingerprint density at radius 2 is 1.87 bits per heavy atom. The summed E-state index contributed by atoms with van der Waals surface area (Å²) in [7, 11) is 0. The standard InChI is InChI=1S/C25H35N5/c1-7-29-18(3)21(17(2)28-29)15-26-23-9-8-10-24-22(23)16-27-30(24)20-13-11-19(12-14-20)25(4,5)6/h11-14,16,23,26H,7-10,15H2,1-6H3. The van der Waals surface area contributed by atoms with E-state index in [4.69, 9.17) is 5.10 Å². The van der Waals surface area contributed by atoms with Crippen molar-refractivity contribution in [3.63, 3.8) is 0 Å². The van der Waals surface area contributed by atoms with Gasteiger partial charge in [0.15, 0.2) is 0 Å². The van der Waals surface area contributed by atoms with Gasteiger partial charge >= 0.3 is 0 Å². The van der Waals surface area contributed by atoms with Crippen LogP contribution in [0.2, 0.25) is 0 Å². The average molecular weight is 406 g/mol. The molecule has 3 aromatic rings. The van der Waals surface area contributed by atoms with Gasteiger partial charge in [-0.25, -0.2) is 4.68 Å². The van der Waals surface area contributed by atoms with Gasteiger partial charge in [-0.15, -0.1) is 0 Å². The molecule has 30 heavy (non-hydrogen) atoms. The highest BCUT2D eigenvalue weighted by Crippen LogP contribution is 2.32. The Hall–Kier alpha value is -2.40. The maximum atomic E-state index is 4.78. The topological polar surface area (TPSA) is 47.7 Å². The number of benzene rings is 1. The number of fused-ring (bicyclic) bond motifs is 1. The molecular weight excluding hydrogens is 370 g/mol. The highest BCUT2D eigenvalue weighted by molar-refractivity contribution is 5.40. The van der Waals surface area contributed by atoms with Gasteiger partial charge < -0.3 is 5.32 Å². The molecule has 2 heterocycles. The number of nitrogens with one attached hydrogen (secondary N) is 1. The zero-order chi connectivity index (χ0) is 21.5. The molecule has 0 fully saturated rings. The van der Waals surface area contributed by atoms with E-state index in [1.807, 2.05) is 0 Å². The summed E-state index contributed by atoms with van der Waals surface area (Å²) in [6.45, 7) is 15.0. The summed E-state index contributed by atoms with van der Waals surface area (Å²) < 4.78 is 4.24. The van der Waals surface area contributed by atoms with E-state index in [2.05, 4.69) is 91.8 Å². The highest BCUT2D eigenvalue weighted by Gasteiger charge is 2.25. The van der Waals surface area contributed by atoms with Gasteiger partial charge in [0.05, 0.1) is 17.6 Å². The summed E-state index contributed by atoms with van der Waals surface area (Å²) in [5.74, 6) is 0. The zero-order valence-corrected chi connectivity index (χ0v) is 19.3. The number of hydrogen-bond acceptors (Lipinski definition) is 3. The maximum Gasteiger partial charge on any atom is 0.0649 e. The van der Waals surface area contributed by atoms with Gasteiger partial charge in [0.1, 0.15) is 0 Å². The minimum absolute atomic E-state index is 0.166. The molecular formula is C25H35N5. The monoisotopic (exact) mass is 405 g/mol. The molecule has 0 radical (unpaired) electrons. The van der Waals surface area contributed by atoms with Crippen molar-refractivity contribution in [1.82, 2.24) is 24.9 Å². The van der Waals surface area contributed by atoms with Crippen molar-refractivity contribution in [2.75, 3.05) is 0 Å². The van der Waals surface area contributed by atoms with Crippen LogP contribution in [0.4, 0.5) is 0 Å². The zero-order valence-electron chi connectivity index (χ0n) is 19.3. The lowest BCUT2D eigenvalue weighted by Crippen LogP contribution is -2.25. The van der Waals surface area contributed by atoms with Crippen LogP contribution in [0.5, 0.6) is 0 Å². The van der Waals surface area contributed by atoms with Gasteiger partial charge in [-0.3, -0.25) is 4.68 Å². The molecule has 0 amide bonds. The number of hydrogen-bond donors (Lipinski definition) is 1. The molecule has 1 aliphatic rings. The number of nitrogens with zero attached hydrogens (tertiary/aromatic N) is 4. The van der Waals surface area contributed by atoms with E-state index in [-0.39, 0.29) is 5.41 Å². The van der Waals surface area contributed by atoms with Crippen molar-refractivity contribution in [2.24, 2.45) is 0 Å². The van der Waals surface area contributed by atoms with Crippen molar-refractivity contribution in [1.29, 1.82) is 0 Å². The molecule has 1 unspecified atom stereocenters. The van der Waals surface area contributed by atoms with E-state index < -0.39 is 0 Å². The molecule has 1 aliphatic carbocycles. The Balaban J connectivity index is 1.55. The van der Waals surface area contributed by atoms with Crippen LogP contribution >= 0.6 is 0 Å². The predicted molar refractivity (Wildman–Crippen MR) is 122 cm³/mol. The fraction of sp³-hybridized carbons (Fsp3) is 0.520. The van der Waals surface area contributed by atoms with Gasteiger partial charge in [-0.05, 0) is 63.1 Å². The lowest BCUT2D eigenvalue weighted by molar-refractivity contribution is 0.453. The summed E-state index contributed by atoms with van der Waals surface area (Å²) in [6, 6.07) is 9.23. The fourth-order valence-corrected chi connectivity index (χ4v) is 4.62. The molecule has 1 atom stereocenters. The number of rotatable bonds is 5. The van der Waals surface area contributed by atoms with Crippen molar-refractivity contribution >= 4 is 0 Å². The Morgan fingerprint density at radius 1 is 1.13 bits per heavy atom. The van der Waals surface area contributed by atoms with Crippen molar-refractivity contribution in [3.05, 3.63) is 64.2 Å². The van der Waals surface area contributed by atoms with E-state index in [0.29, 0.717) is 6.04 Å². The van der Waals surface area contributed by atoms with Crippen LogP contribution in [0.25, 0.3) is 5.69 Å². The van der Waals surface area contributed by atoms with Crippen LogP contribution in [0.3, 0.4) is 0 Å². The van der Waals surface area contributed by atoms with E-state index >= 15 is 0 Å². The average Bonchev–Trinajstić information content (AvgIpc) is 3.27. The normalized spacial score (nSPS) is 16.7. The molecule has 0 saturated heterocycles. The van der Waals surface area contributed by atoms with Gasteiger partial charge in [-0.2, -0.15) is 10.2 Å². The molecule has 160 valence electrons. The molecule has 1 N–H and O–H groups in total. The summed E-state index contributed by atoms with van der Waals surface area (Å²) in [4.78, 5) is 0. The second-order valence-electron chi connectivity index (χ2n) is 9.55. The summed E-state index contributed by atoms with van der Waals surface area (Å²) in [5.41, 5.74) is 9.10. The van der Waals surface area contributed by atoms with Crippen LogP contribution in [0.15, 0.2) is 30.5 Å². The third-order valence-electron chi connectivity index (χ3n) is 6.52. The first kappa shape index (κ1) is 20.9. The largest absolute Gasteiger partial charge is 0.306 e. The van der Waals surface area contributed by atoms with Crippen LogP contribution in [0.1, 0.15) is 80.4 Å². The van der Waals surface area contributed by atoms with Crippen molar-refractivity contribution in [3.8, 4) is 5.69 Å². The summed E-state index contributed by atoms with van der Waals surface area (Å²) in [6.07, 6.45) is 5.49. The van der Waals surface area contributed by atoms with Gasteiger partial charge in [-0.1, -0.05) is 32.9 Å². The number of aryl methyl sites for hydroxylation is 2. The van der Waals surface area contributed by atoms with Crippen molar-refractivity contribution in [2.45, 2.75) is 85.4 Å². The maximum absolute atomic E-state index is 4.78. The van der Waals surface area contributed by atoms with Crippen molar-refractivity contribution < 1.29 is 0 Å². The molecule has 5 nitrogen and oxygen atoms in total. The molecule has 5 heteroatoms. The Morgan fingerprint density at radius 3 is 2.50 bits per heavy atom. The summed E-state index contributed by atoms with van der Waals surface area (Å²) in [5, 5.41) is 13.2. The van der Waals surface area contributed by atoms with E-state index in [1.54, 1.807) is 0 Å². The van der Waals surface area contributed by atoms with Gasteiger partial charge in [0, 0.05) is 41.6 Å². The fourth-order valence-electron chi connectivity index (χ4n) is 4.62. The van der Waals surface area contributed by atoms with Crippen LogP contribution in [0, 0.1) is 13.8 Å². The first-order valence-electron chi connectivity index (χ1n) is 11.2. The number of aromatic nitrogens is 4. The molecule has 0 aliphatic heterocycles. The van der Waals surface area contributed by atoms with E-state index in [9.17, 15) is 0 Å². The van der Waals surface area contributed by atoms with E-state index in [1.165, 1.54) is 34.5 Å². The van der Waals surface area contributed by atoms with Gasteiger partial charge in [0.2, 0.25) is 0 Å². The molecule has 2 aromatic heterocycles. The Bertz CT molecular complexity index is 1020. The Kier molecular flexibility index (Phi) is 5.58. The quantitative estimate of drug-likeness (QED) is 0.637. The highest BCUT2D eigenvalue weighted by atomic mass is 15.3. The van der Waals surface area contributed by atoms with Gasteiger partial charge in [0.25, 0.3) is 0 Å². The first-order chi connectivity index (χ1) is 14.3. The second kappa shape index (κ2) is 8.03. The van der Waals surface area contributed by atoms with Crippen LogP contribution < -0.4 is 5.32 Å². The summed E-state index contributed by atoms with van der Waals surface area (Å²) >= 11 is 0. The SMILES string of the molecule is CCn1nc(C)c(CNC2CCCc3c2cnn3-c2ccc(C(C)(C)C)cc2)c1C. The first-order valence-corrected chi connectivity index (χ1v) is 11.2. The predicted octanol–water partition coefficient (Wildman–Crippen LogP) is 5.17. The molecule has 4 rings (SSSR count). The van der Waals surface area contributed by atoms with Crippen LogP contribution in [-0.2, 0) is 24.9 Å². The van der Waals surface area contributed by atoms with E-state index in [0.717, 1.165) is 37.3 Å². The van der Waals surface area contributed by atoms with Crippen LogP contribution in [-0.4, -0.2) is 19.6 Å². The minimum Gasteiger partial charge on any atom is -0.306 e. The minimum atomic E-state index is 0.166. The molecule has 0 spiro atoms. The second-order valence-corrected chi connectivity index (χ2v) is 9.55. The lowest BCUT2D eigenvalue weighted by atomic mass is 9.87. The lowest BCUT2D eigenvalue weighted by Gasteiger charge is -2.25. The molecule has 0 saturated carbocycles. The third-order valence-corrected chi connectivity index (χ3v) is 6.52.